The quantitative estimate of drug-likeness (QED) is 0.368. The van der Waals surface area contributed by atoms with Gasteiger partial charge in [0.15, 0.2) is 0 Å². The molecular weight excluding hydrogens is 460 g/mol. The van der Waals surface area contributed by atoms with Crippen LogP contribution < -0.4 is 0 Å². The summed E-state index contributed by atoms with van der Waals surface area (Å²) in [7, 11) is 0. The van der Waals surface area contributed by atoms with E-state index in [9.17, 15) is 4.79 Å². The predicted octanol–water partition coefficient (Wildman–Crippen LogP) is 4.37. The lowest BCUT2D eigenvalue weighted by molar-refractivity contribution is 0.0628. The SMILES string of the molecule is O=C(c1ccc2snnc2c1)N1CCN(Cc2ccc(-c3noc(-c4ccccc4)n3)cc2)CC1. The Morgan fingerprint density at radius 2 is 1.71 bits per heavy atom. The van der Waals surface area contributed by atoms with Crippen molar-refractivity contribution in [3.05, 3.63) is 83.9 Å². The third kappa shape index (κ3) is 4.55. The standard InChI is InChI=1S/C26H22N6O2S/c33-26(21-10-11-23-22(16-21)28-30-35-23)32-14-12-31(13-15-32)17-18-6-8-19(9-7-18)24-27-25(34-29-24)20-4-2-1-3-5-20/h1-11,16H,12-15,17H2. The van der Waals surface area contributed by atoms with Gasteiger partial charge in [-0.25, -0.2) is 0 Å². The molecule has 35 heavy (non-hydrogen) atoms. The first-order chi connectivity index (χ1) is 17.2. The number of amides is 1. The van der Waals surface area contributed by atoms with Crippen LogP contribution in [0.4, 0.5) is 0 Å². The van der Waals surface area contributed by atoms with Crippen LogP contribution in [0.1, 0.15) is 15.9 Å². The molecule has 0 atom stereocenters. The highest BCUT2D eigenvalue weighted by Gasteiger charge is 2.22. The Hall–Kier alpha value is -3.95. The summed E-state index contributed by atoms with van der Waals surface area (Å²) < 4.78 is 10.4. The van der Waals surface area contributed by atoms with Gasteiger partial charge < -0.3 is 9.42 Å². The number of carbonyl (C=O) groups is 1. The molecule has 1 amide bonds. The lowest BCUT2D eigenvalue weighted by Crippen LogP contribution is -2.48. The number of carbonyl (C=O) groups excluding carboxylic acids is 1. The molecule has 1 saturated heterocycles. The Bertz CT molecular complexity index is 1460. The molecule has 2 aromatic heterocycles. The number of hydrogen-bond acceptors (Lipinski definition) is 8. The molecule has 1 aliphatic rings. The van der Waals surface area contributed by atoms with Gasteiger partial charge in [-0.05, 0) is 47.4 Å². The minimum Gasteiger partial charge on any atom is -0.336 e. The van der Waals surface area contributed by atoms with E-state index in [4.69, 9.17) is 4.52 Å². The van der Waals surface area contributed by atoms with Crippen LogP contribution in [-0.4, -0.2) is 61.6 Å². The van der Waals surface area contributed by atoms with E-state index in [1.807, 2.05) is 65.6 Å². The van der Waals surface area contributed by atoms with E-state index in [0.717, 1.165) is 41.0 Å². The predicted molar refractivity (Wildman–Crippen MR) is 134 cm³/mol. The van der Waals surface area contributed by atoms with Crippen LogP contribution in [0.5, 0.6) is 0 Å². The number of hydrogen-bond donors (Lipinski definition) is 0. The van der Waals surface area contributed by atoms with E-state index in [1.54, 1.807) is 0 Å². The molecule has 0 bridgehead atoms. The minimum atomic E-state index is 0.0545. The Balaban J connectivity index is 1.05. The smallest absolute Gasteiger partial charge is 0.258 e. The van der Waals surface area contributed by atoms with Gasteiger partial charge in [0.25, 0.3) is 11.8 Å². The third-order valence-electron chi connectivity index (χ3n) is 6.22. The molecule has 9 heteroatoms. The first-order valence-corrected chi connectivity index (χ1v) is 12.2. The van der Waals surface area contributed by atoms with Gasteiger partial charge in [-0.1, -0.05) is 52.1 Å². The summed E-state index contributed by atoms with van der Waals surface area (Å²) >= 11 is 1.34. The van der Waals surface area contributed by atoms with Gasteiger partial charge in [-0.3, -0.25) is 9.69 Å². The molecule has 5 aromatic rings. The van der Waals surface area contributed by atoms with Crippen LogP contribution in [0.2, 0.25) is 0 Å². The fourth-order valence-electron chi connectivity index (χ4n) is 4.26. The fraction of sp³-hybridized carbons (Fsp3) is 0.192. The molecule has 3 aromatic carbocycles. The van der Waals surface area contributed by atoms with E-state index in [-0.39, 0.29) is 5.91 Å². The Kier molecular flexibility index (Phi) is 5.77. The molecule has 1 fully saturated rings. The maximum absolute atomic E-state index is 12.9. The van der Waals surface area contributed by atoms with Crippen molar-refractivity contribution in [3.63, 3.8) is 0 Å². The van der Waals surface area contributed by atoms with E-state index >= 15 is 0 Å². The van der Waals surface area contributed by atoms with Crippen LogP contribution in [0.3, 0.4) is 0 Å². The average molecular weight is 483 g/mol. The highest BCUT2D eigenvalue weighted by atomic mass is 32.1. The number of piperazine rings is 1. The van der Waals surface area contributed by atoms with Gasteiger partial charge in [-0.15, -0.1) is 5.10 Å². The van der Waals surface area contributed by atoms with E-state index in [0.29, 0.717) is 30.4 Å². The summed E-state index contributed by atoms with van der Waals surface area (Å²) in [5, 5.41) is 8.21. The first kappa shape index (κ1) is 21.6. The van der Waals surface area contributed by atoms with Crippen LogP contribution in [0, 0.1) is 0 Å². The second-order valence-corrected chi connectivity index (χ2v) is 9.30. The Labute approximate surface area is 206 Å². The highest BCUT2D eigenvalue weighted by Crippen LogP contribution is 2.23. The molecule has 174 valence electrons. The number of fused-ring (bicyclic) bond motifs is 1. The maximum atomic E-state index is 12.9. The molecule has 0 saturated carbocycles. The van der Waals surface area contributed by atoms with Crippen molar-refractivity contribution in [2.24, 2.45) is 0 Å². The molecule has 0 radical (unpaired) electrons. The van der Waals surface area contributed by atoms with Crippen molar-refractivity contribution < 1.29 is 9.32 Å². The molecule has 1 aliphatic heterocycles. The molecule has 0 aliphatic carbocycles. The number of aromatic nitrogens is 4. The van der Waals surface area contributed by atoms with Crippen LogP contribution in [0.25, 0.3) is 33.1 Å². The van der Waals surface area contributed by atoms with Gasteiger partial charge in [0.2, 0.25) is 5.82 Å². The normalized spacial score (nSPS) is 14.5. The van der Waals surface area contributed by atoms with E-state index in [2.05, 4.69) is 36.8 Å². The molecule has 8 nitrogen and oxygen atoms in total. The summed E-state index contributed by atoms with van der Waals surface area (Å²) in [6.45, 7) is 3.91. The minimum absolute atomic E-state index is 0.0545. The Morgan fingerprint density at radius 3 is 2.51 bits per heavy atom. The van der Waals surface area contributed by atoms with E-state index in [1.165, 1.54) is 17.1 Å². The zero-order valence-electron chi connectivity index (χ0n) is 18.9. The van der Waals surface area contributed by atoms with Gasteiger partial charge in [0.1, 0.15) is 5.52 Å². The zero-order valence-corrected chi connectivity index (χ0v) is 19.7. The number of nitrogens with zero attached hydrogens (tertiary/aromatic N) is 6. The van der Waals surface area contributed by atoms with Crippen LogP contribution in [0.15, 0.2) is 77.3 Å². The lowest BCUT2D eigenvalue weighted by Gasteiger charge is -2.34. The molecule has 0 spiro atoms. The summed E-state index contributed by atoms with van der Waals surface area (Å²) in [5.74, 6) is 1.15. The summed E-state index contributed by atoms with van der Waals surface area (Å²) in [6, 6.07) is 23.6. The van der Waals surface area contributed by atoms with Crippen molar-refractivity contribution in [2.75, 3.05) is 26.2 Å². The second kappa shape index (κ2) is 9.36. The Morgan fingerprint density at radius 1 is 0.914 bits per heavy atom. The number of rotatable bonds is 5. The molecule has 0 unspecified atom stereocenters. The molecule has 0 N–H and O–H groups in total. The van der Waals surface area contributed by atoms with Crippen molar-refractivity contribution in [2.45, 2.75) is 6.54 Å². The van der Waals surface area contributed by atoms with Crippen molar-refractivity contribution >= 4 is 27.7 Å². The van der Waals surface area contributed by atoms with Crippen LogP contribution >= 0.6 is 11.5 Å². The maximum Gasteiger partial charge on any atom is 0.258 e. The topological polar surface area (TPSA) is 88.3 Å². The molecule has 6 rings (SSSR count). The van der Waals surface area contributed by atoms with Gasteiger partial charge >= 0.3 is 0 Å². The van der Waals surface area contributed by atoms with Crippen molar-refractivity contribution in [3.8, 4) is 22.8 Å². The molecular formula is C26H22N6O2S. The molecule has 3 heterocycles. The lowest BCUT2D eigenvalue weighted by atomic mass is 10.1. The van der Waals surface area contributed by atoms with E-state index < -0.39 is 0 Å². The van der Waals surface area contributed by atoms with Gasteiger partial charge in [0.05, 0.1) is 4.70 Å². The summed E-state index contributed by atoms with van der Waals surface area (Å²) in [6.07, 6.45) is 0. The van der Waals surface area contributed by atoms with Crippen LogP contribution in [-0.2, 0) is 6.54 Å². The first-order valence-electron chi connectivity index (χ1n) is 11.5. The number of benzene rings is 3. The van der Waals surface area contributed by atoms with Crippen molar-refractivity contribution in [1.82, 2.24) is 29.5 Å². The summed E-state index contributed by atoms with van der Waals surface area (Å²) in [4.78, 5) is 21.8. The third-order valence-corrected chi connectivity index (χ3v) is 6.92. The monoisotopic (exact) mass is 482 g/mol. The zero-order chi connectivity index (χ0) is 23.6. The highest BCUT2D eigenvalue weighted by molar-refractivity contribution is 7.12. The van der Waals surface area contributed by atoms with Gasteiger partial charge in [-0.2, -0.15) is 4.98 Å². The second-order valence-electron chi connectivity index (χ2n) is 8.51. The average Bonchev–Trinajstić information content (AvgIpc) is 3.59. The summed E-state index contributed by atoms with van der Waals surface area (Å²) in [5.41, 5.74) is 4.48. The largest absolute Gasteiger partial charge is 0.336 e. The van der Waals surface area contributed by atoms with Crippen molar-refractivity contribution in [1.29, 1.82) is 0 Å². The fourth-order valence-corrected chi connectivity index (χ4v) is 4.80. The van der Waals surface area contributed by atoms with Gasteiger partial charge in [0, 0.05) is 49.4 Å².